The van der Waals surface area contributed by atoms with Crippen molar-refractivity contribution in [3.8, 4) is 17.1 Å². The minimum atomic E-state index is -0.824. The van der Waals surface area contributed by atoms with Gasteiger partial charge in [-0.15, -0.1) is 0 Å². The van der Waals surface area contributed by atoms with E-state index in [0.717, 1.165) is 0 Å². The number of carbonyl (C=O) groups excluding carboxylic acids is 1. The minimum absolute atomic E-state index is 0.0300. The fourth-order valence-corrected chi connectivity index (χ4v) is 2.20. The predicted octanol–water partition coefficient (Wildman–Crippen LogP) is 2.06. The second-order valence-corrected chi connectivity index (χ2v) is 6.45. The van der Waals surface area contributed by atoms with Gasteiger partial charge in [-0.25, -0.2) is 4.39 Å². The van der Waals surface area contributed by atoms with Crippen molar-refractivity contribution >= 4 is 11.7 Å². The molecular formula is C17H22FN3O4. The summed E-state index contributed by atoms with van der Waals surface area (Å²) in [5, 5.41) is 16.1. The Labute approximate surface area is 145 Å². The highest BCUT2D eigenvalue weighted by molar-refractivity contribution is 6.04. The van der Waals surface area contributed by atoms with E-state index in [0.29, 0.717) is 11.4 Å². The zero-order valence-electron chi connectivity index (χ0n) is 14.9. The standard InChI is InChI=1S/C17H22FN3O4/c1-17(2,9-22)19-16(23)13-14(25-20-15(13)21(3)4)10-6-7-11(18)12(8-10)24-5/h6-8,22H,9H2,1-5H3,(H,19,23). The Kier molecular flexibility index (Phi) is 5.32. The quantitative estimate of drug-likeness (QED) is 0.828. The number of rotatable bonds is 6. The van der Waals surface area contributed by atoms with Gasteiger partial charge in [-0.05, 0) is 32.0 Å². The molecular weight excluding hydrogens is 329 g/mol. The molecule has 0 unspecified atom stereocenters. The van der Waals surface area contributed by atoms with Crippen LogP contribution in [0.25, 0.3) is 11.3 Å². The highest BCUT2D eigenvalue weighted by Crippen LogP contribution is 2.33. The lowest BCUT2D eigenvalue weighted by molar-refractivity contribution is 0.0870. The molecule has 136 valence electrons. The van der Waals surface area contributed by atoms with Gasteiger partial charge in [0.2, 0.25) is 0 Å². The smallest absolute Gasteiger partial charge is 0.259 e. The Bertz CT molecular complexity index is 771. The van der Waals surface area contributed by atoms with Crippen LogP contribution in [0, 0.1) is 5.82 Å². The van der Waals surface area contributed by atoms with E-state index in [-0.39, 0.29) is 23.7 Å². The second kappa shape index (κ2) is 7.10. The van der Waals surface area contributed by atoms with Crippen LogP contribution in [0.5, 0.6) is 5.75 Å². The molecule has 7 nitrogen and oxygen atoms in total. The third kappa shape index (κ3) is 3.90. The molecule has 1 amide bonds. The summed E-state index contributed by atoms with van der Waals surface area (Å²) >= 11 is 0. The van der Waals surface area contributed by atoms with Crippen molar-refractivity contribution < 1.29 is 23.6 Å². The number of methoxy groups -OCH3 is 1. The normalized spacial score (nSPS) is 11.3. The van der Waals surface area contributed by atoms with Crippen molar-refractivity contribution in [2.45, 2.75) is 19.4 Å². The second-order valence-electron chi connectivity index (χ2n) is 6.45. The van der Waals surface area contributed by atoms with Crippen LogP contribution in [0.15, 0.2) is 22.7 Å². The molecule has 0 bridgehead atoms. The molecule has 0 spiro atoms. The number of anilines is 1. The summed E-state index contributed by atoms with van der Waals surface area (Å²) in [5.74, 6) is -0.437. The van der Waals surface area contributed by atoms with Gasteiger partial charge in [-0.2, -0.15) is 0 Å². The van der Waals surface area contributed by atoms with E-state index >= 15 is 0 Å². The zero-order chi connectivity index (χ0) is 18.8. The van der Waals surface area contributed by atoms with Crippen molar-refractivity contribution in [2.24, 2.45) is 0 Å². The van der Waals surface area contributed by atoms with Crippen molar-refractivity contribution in [2.75, 3.05) is 32.7 Å². The number of aromatic nitrogens is 1. The van der Waals surface area contributed by atoms with E-state index in [2.05, 4.69) is 10.5 Å². The molecule has 8 heteroatoms. The molecule has 0 fully saturated rings. The molecule has 0 aliphatic rings. The lowest BCUT2D eigenvalue weighted by Crippen LogP contribution is -2.46. The van der Waals surface area contributed by atoms with E-state index in [4.69, 9.17) is 9.26 Å². The van der Waals surface area contributed by atoms with Gasteiger partial charge in [0, 0.05) is 19.7 Å². The number of hydrogen-bond donors (Lipinski definition) is 2. The number of carbonyl (C=O) groups is 1. The van der Waals surface area contributed by atoms with Gasteiger partial charge in [0.05, 0.1) is 19.3 Å². The summed E-state index contributed by atoms with van der Waals surface area (Å²) < 4.78 is 24.0. The zero-order valence-corrected chi connectivity index (χ0v) is 14.9. The molecule has 0 saturated carbocycles. The Hall–Kier alpha value is -2.61. The molecule has 2 N–H and O–H groups in total. The number of aliphatic hydroxyl groups excluding tert-OH is 1. The van der Waals surface area contributed by atoms with E-state index < -0.39 is 17.3 Å². The maximum Gasteiger partial charge on any atom is 0.259 e. The molecule has 1 aromatic heterocycles. The van der Waals surface area contributed by atoms with Crippen molar-refractivity contribution in [3.63, 3.8) is 0 Å². The molecule has 2 aromatic rings. The molecule has 1 heterocycles. The number of hydrogen-bond acceptors (Lipinski definition) is 6. The first-order chi connectivity index (χ1) is 11.7. The van der Waals surface area contributed by atoms with Crippen LogP contribution in [0.2, 0.25) is 0 Å². The van der Waals surface area contributed by atoms with E-state index in [1.165, 1.54) is 25.3 Å². The van der Waals surface area contributed by atoms with Crippen LogP contribution in [0.1, 0.15) is 24.2 Å². The maximum atomic E-state index is 13.7. The van der Waals surface area contributed by atoms with Crippen molar-refractivity contribution in [1.29, 1.82) is 0 Å². The molecule has 0 aliphatic carbocycles. The first-order valence-electron chi connectivity index (χ1n) is 7.64. The number of ether oxygens (including phenoxy) is 1. The number of nitrogens with one attached hydrogen (secondary N) is 1. The summed E-state index contributed by atoms with van der Waals surface area (Å²) in [5.41, 5.74) is -0.179. The van der Waals surface area contributed by atoms with Crippen LogP contribution in [0.3, 0.4) is 0 Å². The lowest BCUT2D eigenvalue weighted by atomic mass is 10.0. The largest absolute Gasteiger partial charge is 0.494 e. The Morgan fingerprint density at radius 1 is 1.44 bits per heavy atom. The fraction of sp³-hybridized carbons (Fsp3) is 0.412. The van der Waals surface area contributed by atoms with Gasteiger partial charge in [0.25, 0.3) is 5.91 Å². The molecule has 2 rings (SSSR count). The van der Waals surface area contributed by atoms with Crippen LogP contribution in [-0.2, 0) is 0 Å². The third-order valence-electron chi connectivity index (χ3n) is 3.59. The van der Waals surface area contributed by atoms with Gasteiger partial charge in [0.15, 0.2) is 23.1 Å². The SMILES string of the molecule is COc1cc(-c2onc(N(C)C)c2C(=O)NC(C)(C)CO)ccc1F. The molecule has 25 heavy (non-hydrogen) atoms. The summed E-state index contributed by atoms with van der Waals surface area (Å²) in [4.78, 5) is 14.4. The molecule has 1 aromatic carbocycles. The van der Waals surface area contributed by atoms with Gasteiger partial charge < -0.3 is 24.6 Å². The lowest BCUT2D eigenvalue weighted by Gasteiger charge is -2.24. The van der Waals surface area contributed by atoms with Crippen LogP contribution in [-0.4, -0.2) is 49.5 Å². The number of nitrogens with zero attached hydrogens (tertiary/aromatic N) is 2. The highest BCUT2D eigenvalue weighted by Gasteiger charge is 2.29. The summed E-state index contributed by atoms with van der Waals surface area (Å²) in [6, 6.07) is 4.14. The Morgan fingerprint density at radius 3 is 2.68 bits per heavy atom. The molecule has 0 radical (unpaired) electrons. The number of halogens is 1. The van der Waals surface area contributed by atoms with E-state index in [1.807, 2.05) is 0 Å². The maximum absolute atomic E-state index is 13.7. The van der Waals surface area contributed by atoms with Gasteiger partial charge in [-0.1, -0.05) is 5.16 Å². The number of amides is 1. The average molecular weight is 351 g/mol. The minimum Gasteiger partial charge on any atom is -0.494 e. The topological polar surface area (TPSA) is 87.8 Å². The van der Waals surface area contributed by atoms with E-state index in [1.54, 1.807) is 32.8 Å². The summed E-state index contributed by atoms with van der Waals surface area (Å²) in [7, 11) is 4.80. The van der Waals surface area contributed by atoms with Gasteiger partial charge in [-0.3, -0.25) is 4.79 Å². The predicted molar refractivity (Wildman–Crippen MR) is 91.4 cm³/mol. The van der Waals surface area contributed by atoms with Gasteiger partial charge >= 0.3 is 0 Å². The van der Waals surface area contributed by atoms with Crippen LogP contribution < -0.4 is 15.0 Å². The Morgan fingerprint density at radius 2 is 2.12 bits per heavy atom. The van der Waals surface area contributed by atoms with Gasteiger partial charge in [0.1, 0.15) is 5.56 Å². The Balaban J connectivity index is 2.55. The first kappa shape index (κ1) is 18.7. The molecule has 0 atom stereocenters. The molecule has 0 aliphatic heterocycles. The van der Waals surface area contributed by atoms with Crippen LogP contribution in [0.4, 0.5) is 10.2 Å². The summed E-state index contributed by atoms with van der Waals surface area (Å²) in [6.07, 6.45) is 0. The number of benzene rings is 1. The summed E-state index contributed by atoms with van der Waals surface area (Å²) in [6.45, 7) is 3.14. The highest BCUT2D eigenvalue weighted by atomic mass is 19.1. The monoisotopic (exact) mass is 351 g/mol. The third-order valence-corrected chi connectivity index (χ3v) is 3.59. The fourth-order valence-electron chi connectivity index (χ4n) is 2.20. The first-order valence-corrected chi connectivity index (χ1v) is 7.64. The number of aliphatic hydroxyl groups is 1. The van der Waals surface area contributed by atoms with Crippen LogP contribution >= 0.6 is 0 Å². The van der Waals surface area contributed by atoms with Crippen molar-refractivity contribution in [3.05, 3.63) is 29.6 Å². The average Bonchev–Trinajstić information content (AvgIpc) is 3.00. The van der Waals surface area contributed by atoms with E-state index in [9.17, 15) is 14.3 Å². The van der Waals surface area contributed by atoms with Crippen molar-refractivity contribution in [1.82, 2.24) is 10.5 Å². The molecule has 0 saturated heterocycles.